The van der Waals surface area contributed by atoms with E-state index in [0.29, 0.717) is 5.56 Å². The van der Waals surface area contributed by atoms with Crippen LogP contribution in [0.4, 0.5) is 8.78 Å². The lowest BCUT2D eigenvalue weighted by Gasteiger charge is -2.07. The fourth-order valence-corrected chi connectivity index (χ4v) is 2.24. The van der Waals surface area contributed by atoms with Crippen molar-refractivity contribution >= 4 is 28.4 Å². The smallest absolute Gasteiger partial charge is 0.197 e. The molecule has 4 heteroatoms. The van der Waals surface area contributed by atoms with Gasteiger partial charge in [-0.3, -0.25) is 4.79 Å². The molecule has 0 aliphatic carbocycles. The molecule has 1 nitrogen and oxygen atoms in total. The van der Waals surface area contributed by atoms with Crippen LogP contribution in [0.15, 0.2) is 36.4 Å². The van der Waals surface area contributed by atoms with Crippen LogP contribution >= 0.6 is 22.6 Å². The minimum atomic E-state index is -0.710. The van der Waals surface area contributed by atoms with Gasteiger partial charge in [0, 0.05) is 9.13 Å². The van der Waals surface area contributed by atoms with E-state index < -0.39 is 17.4 Å². The third kappa shape index (κ3) is 2.43. The van der Waals surface area contributed by atoms with E-state index in [1.54, 1.807) is 12.1 Å². The van der Waals surface area contributed by atoms with Crippen molar-refractivity contribution in [2.45, 2.75) is 6.92 Å². The summed E-state index contributed by atoms with van der Waals surface area (Å²) < 4.78 is 27.4. The third-order valence-electron chi connectivity index (χ3n) is 2.61. The molecule has 18 heavy (non-hydrogen) atoms. The van der Waals surface area contributed by atoms with Crippen molar-refractivity contribution in [1.29, 1.82) is 0 Å². The van der Waals surface area contributed by atoms with E-state index >= 15 is 0 Å². The fraction of sp³-hybridized carbons (Fsp3) is 0.0714. The largest absolute Gasteiger partial charge is 0.288 e. The minimum Gasteiger partial charge on any atom is -0.288 e. The Morgan fingerprint density at radius 2 is 1.83 bits per heavy atom. The van der Waals surface area contributed by atoms with Crippen LogP contribution in [-0.4, -0.2) is 5.78 Å². The van der Waals surface area contributed by atoms with Gasteiger partial charge in [0.2, 0.25) is 0 Å². The Morgan fingerprint density at radius 1 is 1.11 bits per heavy atom. The summed E-state index contributed by atoms with van der Waals surface area (Å²) >= 11 is 2.03. The summed E-state index contributed by atoms with van der Waals surface area (Å²) in [7, 11) is 0. The van der Waals surface area contributed by atoms with Gasteiger partial charge in [-0.25, -0.2) is 8.78 Å². The van der Waals surface area contributed by atoms with Gasteiger partial charge in [-0.15, -0.1) is 0 Å². The quantitative estimate of drug-likeness (QED) is 0.583. The molecular weight excluding hydrogens is 349 g/mol. The van der Waals surface area contributed by atoms with Gasteiger partial charge in [0.05, 0.1) is 5.56 Å². The lowest BCUT2D eigenvalue weighted by molar-refractivity contribution is 0.103. The highest BCUT2D eigenvalue weighted by Crippen LogP contribution is 2.21. The number of ketones is 1. The molecule has 0 atom stereocenters. The van der Waals surface area contributed by atoms with Crippen LogP contribution in [-0.2, 0) is 0 Å². The molecular formula is C14H9F2IO. The number of benzene rings is 2. The summed E-state index contributed by atoms with van der Waals surface area (Å²) in [5.74, 6) is -1.83. The molecule has 0 bridgehead atoms. The van der Waals surface area contributed by atoms with E-state index in [0.717, 1.165) is 27.3 Å². The van der Waals surface area contributed by atoms with E-state index in [9.17, 15) is 13.6 Å². The van der Waals surface area contributed by atoms with Crippen LogP contribution < -0.4 is 0 Å². The number of hydrogen-bond donors (Lipinski definition) is 0. The van der Waals surface area contributed by atoms with Crippen molar-refractivity contribution < 1.29 is 13.6 Å². The first-order chi connectivity index (χ1) is 8.50. The molecule has 92 valence electrons. The Kier molecular flexibility index (Phi) is 3.75. The van der Waals surface area contributed by atoms with Crippen LogP contribution in [0.25, 0.3) is 0 Å². The first-order valence-corrected chi connectivity index (χ1v) is 6.33. The third-order valence-corrected chi connectivity index (χ3v) is 4.04. The average molecular weight is 358 g/mol. The Balaban J connectivity index is 2.55. The Bertz CT molecular complexity index is 619. The number of aryl methyl sites for hydroxylation is 1. The maximum absolute atomic E-state index is 13.5. The fourth-order valence-electron chi connectivity index (χ4n) is 1.64. The van der Waals surface area contributed by atoms with Crippen LogP contribution in [0.2, 0.25) is 0 Å². The zero-order chi connectivity index (χ0) is 13.3. The van der Waals surface area contributed by atoms with Crippen LogP contribution in [0.3, 0.4) is 0 Å². The Labute approximate surface area is 117 Å². The van der Waals surface area contributed by atoms with E-state index in [4.69, 9.17) is 0 Å². The van der Waals surface area contributed by atoms with Gasteiger partial charge in [-0.2, -0.15) is 0 Å². The van der Waals surface area contributed by atoms with Gasteiger partial charge in [0.1, 0.15) is 11.6 Å². The molecule has 0 spiro atoms. The highest BCUT2D eigenvalue weighted by molar-refractivity contribution is 14.1. The SMILES string of the molecule is Cc1cccc(C(=O)c2cc(F)ccc2F)c1I. The predicted molar refractivity (Wildman–Crippen MR) is 73.7 cm³/mol. The number of carbonyl (C=O) groups excluding carboxylic acids is 1. The van der Waals surface area contributed by atoms with Gasteiger partial charge >= 0.3 is 0 Å². The van der Waals surface area contributed by atoms with Gasteiger partial charge in [-0.05, 0) is 59.3 Å². The number of hydrogen-bond acceptors (Lipinski definition) is 1. The van der Waals surface area contributed by atoms with Crippen molar-refractivity contribution in [3.8, 4) is 0 Å². The van der Waals surface area contributed by atoms with E-state index in [2.05, 4.69) is 0 Å². The highest BCUT2D eigenvalue weighted by Gasteiger charge is 2.17. The van der Waals surface area contributed by atoms with Crippen molar-refractivity contribution in [3.63, 3.8) is 0 Å². The second-order valence-corrected chi connectivity index (χ2v) is 4.97. The number of halogens is 3. The Morgan fingerprint density at radius 3 is 2.56 bits per heavy atom. The molecule has 0 aliphatic rings. The van der Waals surface area contributed by atoms with Gasteiger partial charge in [0.15, 0.2) is 5.78 Å². The van der Waals surface area contributed by atoms with E-state index in [1.165, 1.54) is 0 Å². The van der Waals surface area contributed by atoms with E-state index in [-0.39, 0.29) is 5.56 Å². The van der Waals surface area contributed by atoms with Crippen LogP contribution in [0.1, 0.15) is 21.5 Å². The highest BCUT2D eigenvalue weighted by atomic mass is 127. The summed E-state index contributed by atoms with van der Waals surface area (Å²) in [5, 5.41) is 0. The molecule has 0 fully saturated rings. The monoisotopic (exact) mass is 358 g/mol. The molecule has 0 amide bonds. The summed E-state index contributed by atoms with van der Waals surface area (Å²) in [6.07, 6.45) is 0. The van der Waals surface area contributed by atoms with Crippen LogP contribution in [0, 0.1) is 22.1 Å². The zero-order valence-electron chi connectivity index (χ0n) is 9.51. The van der Waals surface area contributed by atoms with Crippen molar-refractivity contribution in [1.82, 2.24) is 0 Å². The first kappa shape index (κ1) is 13.1. The molecule has 0 saturated heterocycles. The molecule has 0 aliphatic heterocycles. The second-order valence-electron chi connectivity index (χ2n) is 3.89. The summed E-state index contributed by atoms with van der Waals surface area (Å²) in [4.78, 5) is 12.2. The molecule has 0 unspecified atom stereocenters. The van der Waals surface area contributed by atoms with Gasteiger partial charge < -0.3 is 0 Å². The average Bonchev–Trinajstić information content (AvgIpc) is 2.35. The molecule has 0 aromatic heterocycles. The maximum atomic E-state index is 13.5. The second kappa shape index (κ2) is 5.14. The van der Waals surface area contributed by atoms with Crippen molar-refractivity contribution in [2.24, 2.45) is 0 Å². The molecule has 0 radical (unpaired) electrons. The van der Waals surface area contributed by atoms with Crippen molar-refractivity contribution in [2.75, 3.05) is 0 Å². The predicted octanol–water partition coefficient (Wildman–Crippen LogP) is 4.11. The first-order valence-electron chi connectivity index (χ1n) is 5.25. The van der Waals surface area contributed by atoms with Gasteiger partial charge in [0.25, 0.3) is 0 Å². The number of rotatable bonds is 2. The number of carbonyl (C=O) groups is 1. The normalized spacial score (nSPS) is 10.4. The molecule has 0 heterocycles. The lowest BCUT2D eigenvalue weighted by Crippen LogP contribution is -2.07. The van der Waals surface area contributed by atoms with Gasteiger partial charge in [-0.1, -0.05) is 12.1 Å². The lowest BCUT2D eigenvalue weighted by atomic mass is 10.0. The summed E-state index contributed by atoms with van der Waals surface area (Å²) in [5.41, 5.74) is 1.08. The zero-order valence-corrected chi connectivity index (χ0v) is 11.7. The minimum absolute atomic E-state index is 0.237. The molecule has 2 aromatic rings. The van der Waals surface area contributed by atoms with Crippen molar-refractivity contribution in [3.05, 3.63) is 68.3 Å². The summed E-state index contributed by atoms with van der Waals surface area (Å²) in [6.45, 7) is 1.86. The molecule has 2 rings (SSSR count). The standard InChI is InChI=1S/C14H9F2IO/c1-8-3-2-4-10(13(8)17)14(18)11-7-9(15)5-6-12(11)16/h2-7H,1H3. The molecule has 0 saturated carbocycles. The maximum Gasteiger partial charge on any atom is 0.197 e. The Hall–Kier alpha value is -1.30. The molecule has 0 N–H and O–H groups in total. The summed E-state index contributed by atoms with van der Waals surface area (Å²) in [6, 6.07) is 8.08. The topological polar surface area (TPSA) is 17.1 Å². The van der Waals surface area contributed by atoms with E-state index in [1.807, 2.05) is 35.6 Å². The van der Waals surface area contributed by atoms with Crippen LogP contribution in [0.5, 0.6) is 0 Å². The molecule has 2 aromatic carbocycles.